The molecule has 12 heavy (non-hydrogen) atoms. The van der Waals surface area contributed by atoms with Gasteiger partial charge in [0.2, 0.25) is 0 Å². The summed E-state index contributed by atoms with van der Waals surface area (Å²) in [5, 5.41) is 0. The molecule has 1 rings (SSSR count). The molecule has 0 saturated carbocycles. The summed E-state index contributed by atoms with van der Waals surface area (Å²) in [6.07, 6.45) is 0.0294. The average Bonchev–Trinajstić information content (AvgIpc) is 1.93. The van der Waals surface area contributed by atoms with Gasteiger partial charge in [-0.25, -0.2) is 8.78 Å². The Morgan fingerprint density at radius 3 is 2.17 bits per heavy atom. The Balaban J connectivity index is 2.27. The highest BCUT2D eigenvalue weighted by Crippen LogP contribution is 2.27. The third-order valence-corrected chi connectivity index (χ3v) is 2.07. The van der Waals surface area contributed by atoms with E-state index in [1.807, 2.05) is 19.0 Å². The van der Waals surface area contributed by atoms with Crippen molar-refractivity contribution in [3.05, 3.63) is 0 Å². The highest BCUT2D eigenvalue weighted by Gasteiger charge is 2.33. The monoisotopic (exact) mass is 178 g/mol. The lowest BCUT2D eigenvalue weighted by Gasteiger charge is -2.33. The summed E-state index contributed by atoms with van der Waals surface area (Å²) >= 11 is 0. The molecule has 0 aromatic carbocycles. The van der Waals surface area contributed by atoms with Crippen LogP contribution in [0.15, 0.2) is 0 Å². The van der Waals surface area contributed by atoms with E-state index in [1.165, 1.54) is 0 Å². The van der Waals surface area contributed by atoms with E-state index < -0.39 is 5.92 Å². The minimum atomic E-state index is -2.41. The molecule has 0 spiro atoms. The molecule has 4 heteroatoms. The largest absolute Gasteiger partial charge is 0.297 e. The Morgan fingerprint density at radius 2 is 1.75 bits per heavy atom. The van der Waals surface area contributed by atoms with Crippen LogP contribution in [0, 0.1) is 0 Å². The third kappa shape index (κ3) is 3.03. The zero-order valence-corrected chi connectivity index (χ0v) is 7.69. The van der Waals surface area contributed by atoms with Gasteiger partial charge in [0, 0.05) is 25.9 Å². The van der Waals surface area contributed by atoms with E-state index in [4.69, 9.17) is 0 Å². The van der Waals surface area contributed by atoms with Crippen LogP contribution in [0.25, 0.3) is 0 Å². The van der Waals surface area contributed by atoms with Gasteiger partial charge in [0.25, 0.3) is 5.92 Å². The van der Waals surface area contributed by atoms with Gasteiger partial charge in [-0.05, 0) is 14.1 Å². The van der Waals surface area contributed by atoms with Crippen LogP contribution in [0.5, 0.6) is 0 Å². The first-order valence-electron chi connectivity index (χ1n) is 4.24. The van der Waals surface area contributed by atoms with Gasteiger partial charge in [-0.1, -0.05) is 0 Å². The van der Waals surface area contributed by atoms with Crippen molar-refractivity contribution in [3.8, 4) is 0 Å². The molecule has 0 bridgehead atoms. The van der Waals surface area contributed by atoms with E-state index in [0.717, 1.165) is 6.67 Å². The highest BCUT2D eigenvalue weighted by molar-refractivity contribution is 4.76. The van der Waals surface area contributed by atoms with E-state index in [-0.39, 0.29) is 12.8 Å². The minimum absolute atomic E-state index is 0.0147. The van der Waals surface area contributed by atoms with Gasteiger partial charge in [-0.2, -0.15) is 0 Å². The molecule has 0 radical (unpaired) electrons. The molecule has 2 nitrogen and oxygen atoms in total. The lowest BCUT2D eigenvalue weighted by Crippen LogP contribution is -2.43. The summed E-state index contributed by atoms with van der Waals surface area (Å²) in [5.74, 6) is -2.41. The summed E-state index contributed by atoms with van der Waals surface area (Å²) in [7, 11) is 3.90. The van der Waals surface area contributed by atoms with Crippen LogP contribution < -0.4 is 0 Å². The molecule has 0 N–H and O–H groups in total. The molecule has 1 fully saturated rings. The Morgan fingerprint density at radius 1 is 1.25 bits per heavy atom. The fourth-order valence-electron chi connectivity index (χ4n) is 1.42. The van der Waals surface area contributed by atoms with Gasteiger partial charge in [0.05, 0.1) is 6.67 Å². The van der Waals surface area contributed by atoms with Crippen molar-refractivity contribution in [2.75, 3.05) is 33.9 Å². The number of alkyl halides is 2. The molecular weight excluding hydrogens is 162 g/mol. The van der Waals surface area contributed by atoms with Crippen LogP contribution in [0.3, 0.4) is 0 Å². The molecule has 0 atom stereocenters. The van der Waals surface area contributed by atoms with Crippen LogP contribution in [0.1, 0.15) is 12.8 Å². The van der Waals surface area contributed by atoms with E-state index in [1.54, 1.807) is 0 Å². The van der Waals surface area contributed by atoms with Gasteiger partial charge in [-0.15, -0.1) is 0 Å². The number of hydrogen-bond acceptors (Lipinski definition) is 2. The molecule has 0 aliphatic carbocycles. The number of hydrogen-bond donors (Lipinski definition) is 0. The zero-order valence-electron chi connectivity index (χ0n) is 7.69. The number of rotatable bonds is 2. The van der Waals surface area contributed by atoms with Gasteiger partial charge in [-0.3, -0.25) is 9.80 Å². The highest BCUT2D eigenvalue weighted by atomic mass is 19.3. The van der Waals surface area contributed by atoms with E-state index in [2.05, 4.69) is 4.90 Å². The first-order chi connectivity index (χ1) is 5.49. The molecule has 1 saturated heterocycles. The second kappa shape index (κ2) is 3.66. The van der Waals surface area contributed by atoms with Crippen LogP contribution in [-0.4, -0.2) is 49.6 Å². The fourth-order valence-corrected chi connectivity index (χ4v) is 1.42. The number of likely N-dealkylation sites (tertiary alicyclic amines) is 1. The maximum Gasteiger partial charge on any atom is 0.250 e. The van der Waals surface area contributed by atoms with E-state index >= 15 is 0 Å². The topological polar surface area (TPSA) is 6.48 Å². The quantitative estimate of drug-likeness (QED) is 0.627. The van der Waals surface area contributed by atoms with Crippen LogP contribution in [0.4, 0.5) is 8.78 Å². The summed E-state index contributed by atoms with van der Waals surface area (Å²) in [5.41, 5.74) is 0. The van der Waals surface area contributed by atoms with Crippen molar-refractivity contribution in [1.29, 1.82) is 0 Å². The third-order valence-electron chi connectivity index (χ3n) is 2.07. The van der Waals surface area contributed by atoms with E-state index in [9.17, 15) is 8.78 Å². The number of halogens is 2. The fraction of sp³-hybridized carbons (Fsp3) is 1.00. The lowest BCUT2D eigenvalue weighted by atomic mass is 10.1. The second-order valence-electron chi connectivity index (χ2n) is 3.70. The molecule has 72 valence electrons. The minimum Gasteiger partial charge on any atom is -0.297 e. The molecule has 0 aromatic rings. The predicted molar refractivity (Wildman–Crippen MR) is 44.3 cm³/mol. The number of nitrogens with zero attached hydrogens (tertiary/aromatic N) is 2. The maximum absolute atomic E-state index is 12.7. The van der Waals surface area contributed by atoms with Gasteiger partial charge >= 0.3 is 0 Å². The molecule has 1 aliphatic heterocycles. The standard InChI is InChI=1S/C8H16F2N2/c1-11(2)7-12-5-3-8(9,10)4-6-12/h3-7H2,1-2H3. The first-order valence-corrected chi connectivity index (χ1v) is 4.24. The Bertz CT molecular complexity index is 138. The Hall–Kier alpha value is -0.220. The van der Waals surface area contributed by atoms with Crippen molar-refractivity contribution < 1.29 is 8.78 Å². The van der Waals surface area contributed by atoms with Crippen LogP contribution >= 0.6 is 0 Å². The van der Waals surface area contributed by atoms with Gasteiger partial charge in [0.1, 0.15) is 0 Å². The van der Waals surface area contributed by atoms with Gasteiger partial charge in [0.15, 0.2) is 0 Å². The SMILES string of the molecule is CN(C)CN1CCC(F)(F)CC1. The molecule has 0 amide bonds. The van der Waals surface area contributed by atoms with Crippen molar-refractivity contribution in [3.63, 3.8) is 0 Å². The van der Waals surface area contributed by atoms with Crippen molar-refractivity contribution in [2.24, 2.45) is 0 Å². The second-order valence-corrected chi connectivity index (χ2v) is 3.70. The van der Waals surface area contributed by atoms with Crippen LogP contribution in [0.2, 0.25) is 0 Å². The van der Waals surface area contributed by atoms with Crippen molar-refractivity contribution in [2.45, 2.75) is 18.8 Å². The first kappa shape index (κ1) is 9.86. The van der Waals surface area contributed by atoms with Crippen molar-refractivity contribution >= 4 is 0 Å². The molecular formula is C8H16F2N2. The van der Waals surface area contributed by atoms with Crippen molar-refractivity contribution in [1.82, 2.24) is 9.80 Å². The summed E-state index contributed by atoms with van der Waals surface area (Å²) < 4.78 is 25.3. The molecule has 0 unspecified atom stereocenters. The zero-order chi connectivity index (χ0) is 9.19. The Kier molecular flexibility index (Phi) is 3.01. The summed E-state index contributed by atoms with van der Waals surface area (Å²) in [4.78, 5) is 4.06. The summed E-state index contributed by atoms with van der Waals surface area (Å²) in [6.45, 7) is 1.83. The smallest absolute Gasteiger partial charge is 0.250 e. The summed E-state index contributed by atoms with van der Waals surface area (Å²) in [6, 6.07) is 0. The maximum atomic E-state index is 12.7. The molecule has 1 aliphatic rings. The Labute approximate surface area is 72.1 Å². The number of piperidine rings is 1. The predicted octanol–water partition coefficient (Wildman–Crippen LogP) is 1.24. The average molecular weight is 178 g/mol. The molecule has 1 heterocycles. The normalized spacial score (nSPS) is 24.8. The van der Waals surface area contributed by atoms with Crippen LogP contribution in [-0.2, 0) is 0 Å². The van der Waals surface area contributed by atoms with E-state index in [0.29, 0.717) is 13.1 Å². The lowest BCUT2D eigenvalue weighted by molar-refractivity contribution is -0.0612. The molecule has 0 aromatic heterocycles. The van der Waals surface area contributed by atoms with Gasteiger partial charge < -0.3 is 0 Å².